The lowest BCUT2D eigenvalue weighted by molar-refractivity contribution is 0.171. The molecular weight excluding hydrogens is 324 g/mol. The van der Waals surface area contributed by atoms with Crippen molar-refractivity contribution in [3.63, 3.8) is 0 Å². The van der Waals surface area contributed by atoms with Gasteiger partial charge in [0.25, 0.3) is 0 Å². The van der Waals surface area contributed by atoms with Crippen LogP contribution in [0.15, 0.2) is 0 Å². The topological polar surface area (TPSA) is 0 Å². The van der Waals surface area contributed by atoms with Crippen LogP contribution in [0.25, 0.3) is 0 Å². The van der Waals surface area contributed by atoms with Crippen molar-refractivity contribution < 1.29 is 0 Å². The van der Waals surface area contributed by atoms with E-state index in [1.165, 1.54) is 56.8 Å². The number of rotatable bonds is 0. The second-order valence-corrected chi connectivity index (χ2v) is 7.82. The van der Waals surface area contributed by atoms with Crippen LogP contribution >= 0.6 is 0 Å². The Morgan fingerprint density at radius 2 is 0.407 bits per heavy atom. The molecule has 166 valence electrons. The van der Waals surface area contributed by atoms with E-state index in [9.17, 15) is 0 Å². The van der Waals surface area contributed by atoms with Gasteiger partial charge in [0, 0.05) is 0 Å². The molecule has 0 aromatic carbocycles. The largest absolute Gasteiger partial charge is 0.0683 e. The molecule has 0 radical (unpaired) electrons. The van der Waals surface area contributed by atoms with E-state index >= 15 is 0 Å². The SMILES string of the molecule is C1CCC2CCCC2C1.C1CCC2CCCCC2C1.CC.CC.CC.CC. The fourth-order valence-corrected chi connectivity index (χ4v) is 5.54. The monoisotopic (exact) mass is 382 g/mol. The maximum atomic E-state index is 2.00. The summed E-state index contributed by atoms with van der Waals surface area (Å²) in [6, 6.07) is 0. The summed E-state index contributed by atoms with van der Waals surface area (Å²) in [6.45, 7) is 16.0. The zero-order valence-corrected chi connectivity index (χ0v) is 20.9. The van der Waals surface area contributed by atoms with Gasteiger partial charge < -0.3 is 0 Å². The Bertz CT molecular complexity index is 219. The molecule has 0 aromatic rings. The van der Waals surface area contributed by atoms with Crippen LogP contribution in [0.3, 0.4) is 0 Å². The normalized spacial score (nSPS) is 30.2. The molecule has 0 aromatic heterocycles. The van der Waals surface area contributed by atoms with Crippen LogP contribution in [-0.4, -0.2) is 0 Å². The summed E-state index contributed by atoms with van der Waals surface area (Å²) in [5.74, 6) is 4.64. The molecule has 0 heteroatoms. The first-order chi connectivity index (χ1) is 13.4. The van der Waals surface area contributed by atoms with Crippen molar-refractivity contribution in [1.29, 1.82) is 0 Å². The molecule has 0 spiro atoms. The summed E-state index contributed by atoms with van der Waals surface area (Å²) < 4.78 is 0. The van der Waals surface area contributed by atoms with E-state index in [0.717, 1.165) is 11.8 Å². The molecular formula is C27H58. The second-order valence-electron chi connectivity index (χ2n) is 7.82. The maximum absolute atomic E-state index is 2.00. The summed E-state index contributed by atoms with van der Waals surface area (Å²) in [6.07, 6.45) is 23.2. The highest BCUT2D eigenvalue weighted by Crippen LogP contribution is 2.42. The Morgan fingerprint density at radius 1 is 0.259 bits per heavy atom. The van der Waals surface area contributed by atoms with Crippen molar-refractivity contribution in [2.45, 2.75) is 152 Å². The Morgan fingerprint density at radius 3 is 0.593 bits per heavy atom. The molecule has 0 aliphatic heterocycles. The van der Waals surface area contributed by atoms with E-state index in [1.807, 2.05) is 55.4 Å². The molecule has 4 aliphatic rings. The highest BCUT2D eigenvalue weighted by atomic mass is 14.3. The minimum Gasteiger partial charge on any atom is -0.0683 e. The van der Waals surface area contributed by atoms with Crippen molar-refractivity contribution in [2.75, 3.05) is 0 Å². The minimum atomic E-state index is 1.16. The maximum Gasteiger partial charge on any atom is -0.0386 e. The third-order valence-electron chi connectivity index (χ3n) is 6.68. The van der Waals surface area contributed by atoms with E-state index < -0.39 is 0 Å². The molecule has 2 unspecified atom stereocenters. The summed E-state index contributed by atoms with van der Waals surface area (Å²) in [4.78, 5) is 0. The van der Waals surface area contributed by atoms with Gasteiger partial charge >= 0.3 is 0 Å². The predicted molar refractivity (Wildman–Crippen MR) is 129 cm³/mol. The van der Waals surface area contributed by atoms with Gasteiger partial charge in [-0.15, -0.1) is 0 Å². The first-order valence-electron chi connectivity index (χ1n) is 13.4. The first kappa shape index (κ1) is 29.2. The van der Waals surface area contributed by atoms with Gasteiger partial charge in [0.15, 0.2) is 0 Å². The molecule has 0 saturated heterocycles. The molecule has 0 bridgehead atoms. The fourth-order valence-electron chi connectivity index (χ4n) is 5.54. The Kier molecular flexibility index (Phi) is 24.1. The second kappa shape index (κ2) is 22.3. The van der Waals surface area contributed by atoms with E-state index in [4.69, 9.17) is 0 Å². The highest BCUT2D eigenvalue weighted by molar-refractivity contribution is 4.80. The number of fused-ring (bicyclic) bond motifs is 2. The van der Waals surface area contributed by atoms with Crippen LogP contribution in [0.5, 0.6) is 0 Å². The molecule has 0 nitrogen and oxygen atoms in total. The molecule has 4 aliphatic carbocycles. The summed E-state index contributed by atoms with van der Waals surface area (Å²) in [5, 5.41) is 0. The van der Waals surface area contributed by atoms with Gasteiger partial charge in [-0.2, -0.15) is 0 Å². The number of hydrogen-bond donors (Lipinski definition) is 0. The van der Waals surface area contributed by atoms with Gasteiger partial charge in [0.2, 0.25) is 0 Å². The van der Waals surface area contributed by atoms with E-state index in [-0.39, 0.29) is 0 Å². The molecule has 0 heterocycles. The van der Waals surface area contributed by atoms with Crippen molar-refractivity contribution in [1.82, 2.24) is 0 Å². The predicted octanol–water partition coefficient (Wildman–Crippen LogP) is 10.4. The first-order valence-corrected chi connectivity index (χ1v) is 13.4. The Balaban J connectivity index is 0. The lowest BCUT2D eigenvalue weighted by atomic mass is 9.71. The van der Waals surface area contributed by atoms with Gasteiger partial charge in [-0.1, -0.05) is 152 Å². The third kappa shape index (κ3) is 12.2. The molecule has 2 atom stereocenters. The lowest BCUT2D eigenvalue weighted by Gasteiger charge is -2.35. The fraction of sp³-hybridized carbons (Fsp3) is 1.00. The van der Waals surface area contributed by atoms with Gasteiger partial charge in [-0.3, -0.25) is 0 Å². The van der Waals surface area contributed by atoms with Crippen molar-refractivity contribution in [3.05, 3.63) is 0 Å². The molecule has 4 rings (SSSR count). The van der Waals surface area contributed by atoms with Gasteiger partial charge in [-0.05, 0) is 23.7 Å². The van der Waals surface area contributed by atoms with Gasteiger partial charge in [-0.25, -0.2) is 0 Å². The lowest BCUT2D eigenvalue weighted by Crippen LogP contribution is -2.22. The van der Waals surface area contributed by atoms with E-state index in [0.29, 0.717) is 0 Å². The molecule has 27 heavy (non-hydrogen) atoms. The van der Waals surface area contributed by atoms with E-state index in [1.54, 1.807) is 51.4 Å². The van der Waals surface area contributed by atoms with Crippen LogP contribution < -0.4 is 0 Å². The summed E-state index contributed by atoms with van der Waals surface area (Å²) in [7, 11) is 0. The minimum absolute atomic E-state index is 1.16. The van der Waals surface area contributed by atoms with Gasteiger partial charge in [0.1, 0.15) is 0 Å². The Labute approximate surface area is 175 Å². The zero-order chi connectivity index (χ0) is 20.9. The molecule has 4 fully saturated rings. The number of hydrogen-bond acceptors (Lipinski definition) is 0. The zero-order valence-electron chi connectivity index (χ0n) is 20.9. The van der Waals surface area contributed by atoms with Crippen molar-refractivity contribution >= 4 is 0 Å². The molecule has 4 saturated carbocycles. The summed E-state index contributed by atoms with van der Waals surface area (Å²) >= 11 is 0. The third-order valence-corrected chi connectivity index (χ3v) is 6.68. The van der Waals surface area contributed by atoms with Crippen LogP contribution in [0, 0.1) is 23.7 Å². The average molecular weight is 383 g/mol. The quantitative estimate of drug-likeness (QED) is 0.390. The van der Waals surface area contributed by atoms with E-state index in [2.05, 4.69) is 0 Å². The van der Waals surface area contributed by atoms with Crippen LogP contribution in [0.4, 0.5) is 0 Å². The smallest absolute Gasteiger partial charge is 0.0386 e. The molecule has 0 amide bonds. The van der Waals surface area contributed by atoms with Crippen molar-refractivity contribution in [2.24, 2.45) is 23.7 Å². The van der Waals surface area contributed by atoms with Crippen LogP contribution in [0.2, 0.25) is 0 Å². The van der Waals surface area contributed by atoms with Crippen LogP contribution in [0.1, 0.15) is 152 Å². The summed E-state index contributed by atoms with van der Waals surface area (Å²) in [5.41, 5.74) is 0. The molecule has 0 N–H and O–H groups in total. The van der Waals surface area contributed by atoms with Crippen LogP contribution in [-0.2, 0) is 0 Å². The Hall–Kier alpha value is 0. The van der Waals surface area contributed by atoms with Gasteiger partial charge in [0.05, 0.1) is 0 Å². The highest BCUT2D eigenvalue weighted by Gasteiger charge is 2.29. The standard InChI is InChI=1S/C10H18.C9H16.4C2H6/c1-2-6-10-8-4-3-7-9(10)5-1;1-2-5-9-7-3-6-8(9)4-1;4*1-2/h9-10H,1-8H2;8-9H,1-7H2;4*1-2H3. The average Bonchev–Trinajstić information content (AvgIpc) is 3.29. The van der Waals surface area contributed by atoms with Crippen molar-refractivity contribution in [3.8, 4) is 0 Å².